The standard InChI is InChI=1S/C17H20N4O3/c1-20-11-12(10-18-20)13-9-15(22)19-17(13)4-6-21(7-5-17)16(23)14-3-2-8-24-14/h2-3,8,10-11,13H,4-7,9H2,1H3,(H,19,22). The monoisotopic (exact) mass is 328 g/mol. The Hall–Kier alpha value is -2.57. The van der Waals surface area contributed by atoms with Crippen molar-refractivity contribution in [2.45, 2.75) is 30.7 Å². The Morgan fingerprint density at radius 3 is 2.83 bits per heavy atom. The Kier molecular flexibility index (Phi) is 3.44. The lowest BCUT2D eigenvalue weighted by Crippen LogP contribution is -2.54. The van der Waals surface area contributed by atoms with Gasteiger partial charge in [-0.15, -0.1) is 0 Å². The number of furan rings is 1. The molecule has 2 aromatic heterocycles. The molecule has 1 spiro atoms. The smallest absolute Gasteiger partial charge is 0.289 e. The third kappa shape index (κ3) is 2.40. The lowest BCUT2D eigenvalue weighted by Gasteiger charge is -2.42. The average Bonchev–Trinajstić information content (AvgIpc) is 3.28. The van der Waals surface area contributed by atoms with Gasteiger partial charge in [-0.3, -0.25) is 14.3 Å². The van der Waals surface area contributed by atoms with Gasteiger partial charge in [-0.1, -0.05) is 0 Å². The van der Waals surface area contributed by atoms with Gasteiger partial charge in [0.2, 0.25) is 5.91 Å². The number of carbonyl (C=O) groups is 2. The van der Waals surface area contributed by atoms with Crippen molar-refractivity contribution in [3.8, 4) is 0 Å². The van der Waals surface area contributed by atoms with Crippen LogP contribution in [0.25, 0.3) is 0 Å². The molecule has 2 fully saturated rings. The molecule has 7 heteroatoms. The first-order chi connectivity index (χ1) is 11.6. The lowest BCUT2D eigenvalue weighted by atomic mass is 9.75. The third-order valence-electron chi connectivity index (χ3n) is 5.25. The molecule has 0 bridgehead atoms. The van der Waals surface area contributed by atoms with E-state index in [1.165, 1.54) is 6.26 Å². The average molecular weight is 328 g/mol. The second-order valence-corrected chi connectivity index (χ2v) is 6.68. The summed E-state index contributed by atoms with van der Waals surface area (Å²) in [4.78, 5) is 26.3. The van der Waals surface area contributed by atoms with E-state index in [2.05, 4.69) is 10.4 Å². The Morgan fingerprint density at radius 1 is 1.42 bits per heavy atom. The topological polar surface area (TPSA) is 80.4 Å². The van der Waals surface area contributed by atoms with E-state index < -0.39 is 0 Å². The molecule has 1 atom stereocenters. The highest BCUT2D eigenvalue weighted by Crippen LogP contribution is 2.43. The number of piperidine rings is 1. The number of aromatic nitrogens is 2. The number of aryl methyl sites for hydroxylation is 1. The fourth-order valence-electron chi connectivity index (χ4n) is 3.99. The van der Waals surface area contributed by atoms with Crippen LogP contribution in [0, 0.1) is 0 Å². The fourth-order valence-corrected chi connectivity index (χ4v) is 3.99. The maximum absolute atomic E-state index is 12.4. The number of amides is 2. The van der Waals surface area contributed by atoms with Crippen LogP contribution in [0.3, 0.4) is 0 Å². The van der Waals surface area contributed by atoms with Crippen molar-refractivity contribution in [3.05, 3.63) is 42.1 Å². The Labute approximate surface area is 139 Å². The Balaban J connectivity index is 1.52. The maximum Gasteiger partial charge on any atom is 0.289 e. The van der Waals surface area contributed by atoms with Crippen molar-refractivity contribution < 1.29 is 14.0 Å². The van der Waals surface area contributed by atoms with Crippen molar-refractivity contribution in [1.82, 2.24) is 20.0 Å². The molecule has 7 nitrogen and oxygen atoms in total. The van der Waals surface area contributed by atoms with Gasteiger partial charge in [-0.25, -0.2) is 0 Å². The summed E-state index contributed by atoms with van der Waals surface area (Å²) in [7, 11) is 1.88. The molecular weight excluding hydrogens is 308 g/mol. The highest BCUT2D eigenvalue weighted by Gasteiger charge is 2.49. The van der Waals surface area contributed by atoms with Gasteiger partial charge in [0.1, 0.15) is 0 Å². The molecule has 0 saturated carbocycles. The maximum atomic E-state index is 12.4. The summed E-state index contributed by atoms with van der Waals surface area (Å²) in [6.45, 7) is 1.22. The molecule has 1 unspecified atom stereocenters. The minimum Gasteiger partial charge on any atom is -0.459 e. The van der Waals surface area contributed by atoms with E-state index in [-0.39, 0.29) is 23.3 Å². The van der Waals surface area contributed by atoms with Gasteiger partial charge in [-0.2, -0.15) is 5.10 Å². The largest absolute Gasteiger partial charge is 0.459 e. The van der Waals surface area contributed by atoms with Gasteiger partial charge in [0, 0.05) is 38.7 Å². The molecule has 0 radical (unpaired) electrons. The molecule has 4 rings (SSSR count). The summed E-state index contributed by atoms with van der Waals surface area (Å²) in [6, 6.07) is 3.40. The number of likely N-dealkylation sites (tertiary alicyclic amines) is 1. The first-order valence-corrected chi connectivity index (χ1v) is 8.20. The first-order valence-electron chi connectivity index (χ1n) is 8.20. The fraction of sp³-hybridized carbons (Fsp3) is 0.471. The number of rotatable bonds is 2. The Morgan fingerprint density at radius 2 is 2.21 bits per heavy atom. The molecule has 2 amide bonds. The molecule has 24 heavy (non-hydrogen) atoms. The molecule has 2 aliphatic rings. The summed E-state index contributed by atoms with van der Waals surface area (Å²) in [5.74, 6) is 0.469. The quantitative estimate of drug-likeness (QED) is 0.901. The second-order valence-electron chi connectivity index (χ2n) is 6.68. The van der Waals surface area contributed by atoms with E-state index in [0.717, 1.165) is 18.4 Å². The van der Waals surface area contributed by atoms with Crippen LogP contribution in [-0.4, -0.2) is 45.1 Å². The van der Waals surface area contributed by atoms with Crippen molar-refractivity contribution in [3.63, 3.8) is 0 Å². The van der Waals surface area contributed by atoms with Crippen LogP contribution in [0.1, 0.15) is 41.3 Å². The van der Waals surface area contributed by atoms with Gasteiger partial charge in [0.05, 0.1) is 18.0 Å². The summed E-state index contributed by atoms with van der Waals surface area (Å²) in [5, 5.41) is 7.43. The number of nitrogens with one attached hydrogen (secondary N) is 1. The minimum atomic E-state index is -0.278. The predicted molar refractivity (Wildman–Crippen MR) is 85.3 cm³/mol. The van der Waals surface area contributed by atoms with Gasteiger partial charge >= 0.3 is 0 Å². The molecule has 0 aromatic carbocycles. The number of hydrogen-bond acceptors (Lipinski definition) is 4. The van der Waals surface area contributed by atoms with Gasteiger partial charge in [-0.05, 0) is 30.5 Å². The molecule has 2 aromatic rings. The minimum absolute atomic E-state index is 0.0784. The predicted octanol–water partition coefficient (Wildman–Crippen LogP) is 1.29. The van der Waals surface area contributed by atoms with Crippen LogP contribution in [0.4, 0.5) is 0 Å². The van der Waals surface area contributed by atoms with Crippen LogP contribution in [0.5, 0.6) is 0 Å². The summed E-state index contributed by atoms with van der Waals surface area (Å²) in [6.07, 6.45) is 7.29. The zero-order valence-corrected chi connectivity index (χ0v) is 13.6. The van der Waals surface area contributed by atoms with Crippen molar-refractivity contribution in [2.75, 3.05) is 13.1 Å². The van der Waals surface area contributed by atoms with Crippen LogP contribution in [0.15, 0.2) is 35.2 Å². The molecule has 4 heterocycles. The van der Waals surface area contributed by atoms with E-state index in [1.54, 1.807) is 21.7 Å². The molecule has 1 N–H and O–H groups in total. The number of hydrogen-bond donors (Lipinski definition) is 1. The van der Waals surface area contributed by atoms with Crippen LogP contribution in [0.2, 0.25) is 0 Å². The third-order valence-corrected chi connectivity index (χ3v) is 5.25. The second kappa shape index (κ2) is 5.51. The van der Waals surface area contributed by atoms with E-state index >= 15 is 0 Å². The van der Waals surface area contributed by atoms with E-state index in [1.807, 2.05) is 19.4 Å². The summed E-state index contributed by atoms with van der Waals surface area (Å²) < 4.78 is 6.97. The molecular formula is C17H20N4O3. The van der Waals surface area contributed by atoms with Gasteiger partial charge in [0.25, 0.3) is 5.91 Å². The number of nitrogens with zero attached hydrogens (tertiary/aromatic N) is 3. The molecule has 126 valence electrons. The number of carbonyl (C=O) groups excluding carboxylic acids is 2. The van der Waals surface area contributed by atoms with Crippen LogP contribution in [-0.2, 0) is 11.8 Å². The first kappa shape index (κ1) is 15.0. The van der Waals surface area contributed by atoms with Gasteiger partial charge in [0.15, 0.2) is 5.76 Å². The highest BCUT2D eigenvalue weighted by atomic mass is 16.3. The highest BCUT2D eigenvalue weighted by molar-refractivity contribution is 5.91. The Bertz CT molecular complexity index is 757. The normalized spacial score (nSPS) is 22.8. The van der Waals surface area contributed by atoms with Crippen LogP contribution >= 0.6 is 0 Å². The molecule has 2 saturated heterocycles. The van der Waals surface area contributed by atoms with Crippen molar-refractivity contribution in [1.29, 1.82) is 0 Å². The van der Waals surface area contributed by atoms with Crippen molar-refractivity contribution in [2.24, 2.45) is 7.05 Å². The van der Waals surface area contributed by atoms with E-state index in [4.69, 9.17) is 4.42 Å². The lowest BCUT2D eigenvalue weighted by molar-refractivity contribution is -0.120. The van der Waals surface area contributed by atoms with E-state index in [0.29, 0.717) is 25.3 Å². The summed E-state index contributed by atoms with van der Waals surface area (Å²) >= 11 is 0. The van der Waals surface area contributed by atoms with Crippen LogP contribution < -0.4 is 5.32 Å². The SMILES string of the molecule is Cn1cc(C2CC(=O)NC23CCN(C(=O)c2ccco2)CC3)cn1. The van der Waals surface area contributed by atoms with Crippen molar-refractivity contribution >= 4 is 11.8 Å². The zero-order valence-electron chi connectivity index (χ0n) is 13.6. The van der Waals surface area contributed by atoms with E-state index in [9.17, 15) is 9.59 Å². The van der Waals surface area contributed by atoms with Gasteiger partial charge < -0.3 is 14.6 Å². The molecule has 2 aliphatic heterocycles. The summed E-state index contributed by atoms with van der Waals surface area (Å²) in [5.41, 5.74) is 0.807. The molecule has 0 aliphatic carbocycles. The zero-order chi connectivity index (χ0) is 16.7.